The first-order chi connectivity index (χ1) is 16.5. The minimum Gasteiger partial charge on any atom is -0.493 e. The number of amides is 1. The van der Waals surface area contributed by atoms with Crippen LogP contribution in [-0.4, -0.2) is 26.7 Å². The summed E-state index contributed by atoms with van der Waals surface area (Å²) in [4.78, 5) is 12.6. The molecule has 1 aromatic heterocycles. The molecule has 1 N–H and O–H groups in total. The van der Waals surface area contributed by atoms with E-state index in [1.54, 1.807) is 26.6 Å². The van der Waals surface area contributed by atoms with Crippen LogP contribution in [0.3, 0.4) is 0 Å². The Labute approximate surface area is 198 Å². The van der Waals surface area contributed by atoms with Crippen molar-refractivity contribution >= 4 is 28.1 Å². The molecule has 0 spiro atoms. The molecule has 4 rings (SSSR count). The van der Waals surface area contributed by atoms with Gasteiger partial charge in [0.15, 0.2) is 11.5 Å². The lowest BCUT2D eigenvalue weighted by molar-refractivity contribution is -0.111. The number of carbonyl (C=O) groups excluding carboxylic acids is 1. The summed E-state index contributed by atoms with van der Waals surface area (Å²) in [6, 6.07) is 18.9. The summed E-state index contributed by atoms with van der Waals surface area (Å²) in [6.45, 7) is 4.31. The van der Waals surface area contributed by atoms with Crippen molar-refractivity contribution in [1.82, 2.24) is 0 Å². The van der Waals surface area contributed by atoms with Crippen LogP contribution in [0.25, 0.3) is 27.7 Å². The molecule has 34 heavy (non-hydrogen) atoms. The highest BCUT2D eigenvalue weighted by molar-refractivity contribution is 6.05. The second-order valence-electron chi connectivity index (χ2n) is 7.68. The zero-order valence-electron chi connectivity index (χ0n) is 19.7. The summed E-state index contributed by atoms with van der Waals surface area (Å²) in [6.07, 6.45) is 3.29. The lowest BCUT2D eigenvalue weighted by Crippen LogP contribution is -2.08. The van der Waals surface area contributed by atoms with Crippen molar-refractivity contribution in [2.75, 3.05) is 26.1 Å². The van der Waals surface area contributed by atoms with Gasteiger partial charge in [0.1, 0.15) is 11.3 Å². The summed E-state index contributed by atoms with van der Waals surface area (Å²) < 4.78 is 22.6. The van der Waals surface area contributed by atoms with Gasteiger partial charge in [-0.1, -0.05) is 24.3 Å². The van der Waals surface area contributed by atoms with Gasteiger partial charge in [0.05, 0.1) is 27.1 Å². The monoisotopic (exact) mass is 457 g/mol. The number of para-hydroxylation sites is 1. The molecule has 0 unspecified atom stereocenters. The highest BCUT2D eigenvalue weighted by Gasteiger charge is 2.16. The SMILES string of the molecule is CCOc1cc2occ(-c3ccc(OC)c(OC)c3)c2cc1/C(C)=C/C(=O)Nc1ccccc1. The van der Waals surface area contributed by atoms with Crippen LogP contribution in [0, 0.1) is 0 Å². The van der Waals surface area contributed by atoms with E-state index >= 15 is 0 Å². The molecule has 0 saturated carbocycles. The summed E-state index contributed by atoms with van der Waals surface area (Å²) in [7, 11) is 3.21. The second-order valence-corrected chi connectivity index (χ2v) is 7.68. The molecule has 0 aliphatic heterocycles. The molecule has 4 aromatic rings. The Morgan fingerprint density at radius 1 is 0.971 bits per heavy atom. The van der Waals surface area contributed by atoms with Crippen molar-refractivity contribution in [2.45, 2.75) is 13.8 Å². The minimum absolute atomic E-state index is 0.210. The van der Waals surface area contributed by atoms with E-state index in [2.05, 4.69) is 5.32 Å². The fourth-order valence-electron chi connectivity index (χ4n) is 3.84. The normalized spacial score (nSPS) is 11.4. The molecule has 3 aromatic carbocycles. The topological polar surface area (TPSA) is 69.9 Å². The Kier molecular flexibility index (Phi) is 6.87. The molecule has 6 nitrogen and oxygen atoms in total. The molecule has 0 radical (unpaired) electrons. The molecule has 0 saturated heterocycles. The van der Waals surface area contributed by atoms with Crippen LogP contribution < -0.4 is 19.5 Å². The highest BCUT2D eigenvalue weighted by atomic mass is 16.5. The maximum atomic E-state index is 12.6. The van der Waals surface area contributed by atoms with Gasteiger partial charge < -0.3 is 23.9 Å². The predicted molar refractivity (Wildman–Crippen MR) is 135 cm³/mol. The Morgan fingerprint density at radius 3 is 2.44 bits per heavy atom. The van der Waals surface area contributed by atoms with Crippen LogP contribution in [0.5, 0.6) is 17.2 Å². The number of benzene rings is 3. The van der Waals surface area contributed by atoms with E-state index in [9.17, 15) is 4.79 Å². The Balaban J connectivity index is 1.75. The Hall–Kier alpha value is -4.19. The summed E-state index contributed by atoms with van der Waals surface area (Å²) in [5.74, 6) is 1.73. The third-order valence-corrected chi connectivity index (χ3v) is 5.48. The highest BCUT2D eigenvalue weighted by Crippen LogP contribution is 2.40. The number of hydrogen-bond acceptors (Lipinski definition) is 5. The van der Waals surface area contributed by atoms with E-state index in [0.717, 1.165) is 33.3 Å². The Bertz CT molecular complexity index is 1340. The van der Waals surface area contributed by atoms with Gasteiger partial charge in [-0.25, -0.2) is 0 Å². The average molecular weight is 458 g/mol. The van der Waals surface area contributed by atoms with Crippen molar-refractivity contribution in [3.8, 4) is 28.4 Å². The van der Waals surface area contributed by atoms with Crippen molar-refractivity contribution in [1.29, 1.82) is 0 Å². The lowest BCUT2D eigenvalue weighted by atomic mass is 9.99. The number of rotatable bonds is 8. The summed E-state index contributed by atoms with van der Waals surface area (Å²) in [5.41, 5.74) is 4.86. The van der Waals surface area contributed by atoms with E-state index in [4.69, 9.17) is 18.6 Å². The van der Waals surface area contributed by atoms with Crippen LogP contribution in [0.1, 0.15) is 19.4 Å². The zero-order valence-corrected chi connectivity index (χ0v) is 19.7. The maximum absolute atomic E-state index is 12.6. The second kappa shape index (κ2) is 10.2. The van der Waals surface area contributed by atoms with Crippen LogP contribution >= 0.6 is 0 Å². The van der Waals surface area contributed by atoms with E-state index in [1.807, 2.05) is 74.5 Å². The van der Waals surface area contributed by atoms with Gasteiger partial charge in [-0.05, 0) is 55.3 Å². The molecule has 0 fully saturated rings. The van der Waals surface area contributed by atoms with Gasteiger partial charge >= 0.3 is 0 Å². The first kappa shape index (κ1) is 23.0. The molecule has 0 bridgehead atoms. The van der Waals surface area contributed by atoms with Crippen molar-refractivity contribution in [3.05, 3.63) is 78.6 Å². The lowest BCUT2D eigenvalue weighted by Gasteiger charge is -2.12. The van der Waals surface area contributed by atoms with Crippen LogP contribution in [0.4, 0.5) is 5.69 Å². The number of nitrogens with one attached hydrogen (secondary N) is 1. The number of carbonyl (C=O) groups is 1. The first-order valence-corrected chi connectivity index (χ1v) is 11.0. The third kappa shape index (κ3) is 4.76. The smallest absolute Gasteiger partial charge is 0.248 e. The maximum Gasteiger partial charge on any atom is 0.248 e. The third-order valence-electron chi connectivity index (χ3n) is 5.48. The molecular weight excluding hydrogens is 430 g/mol. The predicted octanol–water partition coefficient (Wildman–Crippen LogP) is 6.56. The molecule has 0 atom stereocenters. The molecule has 174 valence electrons. The largest absolute Gasteiger partial charge is 0.493 e. The van der Waals surface area contributed by atoms with Crippen LogP contribution in [0.15, 0.2) is 77.4 Å². The molecule has 0 aliphatic rings. The molecule has 1 amide bonds. The van der Waals surface area contributed by atoms with Crippen molar-refractivity contribution in [2.24, 2.45) is 0 Å². The average Bonchev–Trinajstić information content (AvgIpc) is 3.26. The van der Waals surface area contributed by atoms with E-state index in [0.29, 0.717) is 29.4 Å². The summed E-state index contributed by atoms with van der Waals surface area (Å²) in [5, 5.41) is 3.79. The fraction of sp³-hybridized carbons (Fsp3) is 0.179. The molecular formula is C28H27NO5. The Morgan fingerprint density at radius 2 is 1.74 bits per heavy atom. The van der Waals surface area contributed by atoms with Gasteiger partial charge in [0.2, 0.25) is 5.91 Å². The van der Waals surface area contributed by atoms with Gasteiger partial charge in [-0.2, -0.15) is 0 Å². The van der Waals surface area contributed by atoms with Gasteiger partial charge in [-0.15, -0.1) is 0 Å². The molecule has 6 heteroatoms. The van der Waals surface area contributed by atoms with E-state index in [1.165, 1.54) is 0 Å². The van der Waals surface area contributed by atoms with Gasteiger partial charge in [0, 0.05) is 34.3 Å². The summed E-state index contributed by atoms with van der Waals surface area (Å²) >= 11 is 0. The minimum atomic E-state index is -0.210. The number of furan rings is 1. The fourth-order valence-corrected chi connectivity index (χ4v) is 3.84. The van der Waals surface area contributed by atoms with Crippen molar-refractivity contribution < 1.29 is 23.4 Å². The number of allylic oxidation sites excluding steroid dienone is 1. The van der Waals surface area contributed by atoms with E-state index in [-0.39, 0.29) is 5.91 Å². The molecule has 1 heterocycles. The number of anilines is 1. The van der Waals surface area contributed by atoms with E-state index < -0.39 is 0 Å². The van der Waals surface area contributed by atoms with Gasteiger partial charge in [-0.3, -0.25) is 4.79 Å². The standard InChI is InChI=1S/C28H27NO5/c1-5-33-25-16-26-22(23(17-34-26)19-11-12-24(31-3)27(14-19)32-4)15-21(25)18(2)13-28(30)29-20-9-7-6-8-10-20/h6-17H,5H2,1-4H3,(H,29,30)/b18-13+. The van der Waals surface area contributed by atoms with Crippen LogP contribution in [-0.2, 0) is 4.79 Å². The quantitative estimate of drug-likeness (QED) is 0.304. The first-order valence-electron chi connectivity index (χ1n) is 11.0. The number of hydrogen-bond donors (Lipinski definition) is 1. The van der Waals surface area contributed by atoms with Gasteiger partial charge in [0.25, 0.3) is 0 Å². The zero-order chi connectivity index (χ0) is 24.1. The molecule has 0 aliphatic carbocycles. The number of ether oxygens (including phenoxy) is 3. The number of methoxy groups -OCH3 is 2. The van der Waals surface area contributed by atoms with Crippen molar-refractivity contribution in [3.63, 3.8) is 0 Å². The van der Waals surface area contributed by atoms with Crippen LogP contribution in [0.2, 0.25) is 0 Å². The number of fused-ring (bicyclic) bond motifs is 1.